The van der Waals surface area contributed by atoms with Crippen LogP contribution < -0.4 is 0 Å². The Labute approximate surface area is 142 Å². The van der Waals surface area contributed by atoms with Gasteiger partial charge in [-0.3, -0.25) is 14.5 Å². The Hall–Kier alpha value is -2.05. The molecule has 7 nitrogen and oxygen atoms in total. The van der Waals surface area contributed by atoms with Crippen molar-refractivity contribution in [2.24, 2.45) is 5.92 Å². The molecule has 0 aliphatic carbocycles. The van der Waals surface area contributed by atoms with Crippen LogP contribution in [0.1, 0.15) is 47.5 Å². The molecular formula is C17H27NO6. The number of allylic oxidation sites excluding steroid dienone is 1. The molecule has 24 heavy (non-hydrogen) atoms. The van der Waals surface area contributed by atoms with E-state index in [1.165, 1.54) is 18.9 Å². The number of rotatable bonds is 4. The second-order valence-electron chi connectivity index (χ2n) is 6.98. The van der Waals surface area contributed by atoms with Crippen molar-refractivity contribution in [3.05, 3.63) is 11.8 Å². The fraction of sp³-hybridized carbons (Fsp3) is 0.706. The molecule has 0 spiro atoms. The molecule has 0 aromatic rings. The third-order valence-corrected chi connectivity index (χ3v) is 3.56. The van der Waals surface area contributed by atoms with E-state index >= 15 is 0 Å². The van der Waals surface area contributed by atoms with Crippen LogP contribution in [0, 0.1) is 5.92 Å². The molecule has 0 aromatic heterocycles. The number of ether oxygens (including phenoxy) is 3. The van der Waals surface area contributed by atoms with E-state index in [1.54, 1.807) is 27.0 Å². The maximum absolute atomic E-state index is 12.5. The first kappa shape index (κ1) is 20.0. The lowest BCUT2D eigenvalue weighted by atomic mass is 9.86. The highest BCUT2D eigenvalue weighted by Crippen LogP contribution is 2.31. The Bertz CT molecular complexity index is 520. The monoisotopic (exact) mass is 341 g/mol. The number of esters is 2. The van der Waals surface area contributed by atoms with E-state index in [1.807, 2.05) is 6.92 Å². The van der Waals surface area contributed by atoms with Gasteiger partial charge < -0.3 is 14.2 Å². The number of carbonyl (C=O) groups excluding carboxylic acids is 3. The number of carbonyl (C=O) groups is 3. The Balaban J connectivity index is 3.04. The van der Waals surface area contributed by atoms with Gasteiger partial charge in [-0.2, -0.15) is 0 Å². The normalized spacial score (nSPS) is 20.9. The van der Waals surface area contributed by atoms with Gasteiger partial charge in [0, 0.05) is 13.1 Å². The lowest BCUT2D eigenvalue weighted by Crippen LogP contribution is -2.49. The topological polar surface area (TPSA) is 82.1 Å². The summed E-state index contributed by atoms with van der Waals surface area (Å²) in [5.74, 6) is -1.02. The summed E-state index contributed by atoms with van der Waals surface area (Å²) in [6, 6.07) is -0.480. The molecule has 136 valence electrons. The van der Waals surface area contributed by atoms with Gasteiger partial charge in [-0.05, 0) is 40.0 Å². The molecule has 0 radical (unpaired) electrons. The molecule has 0 fully saturated rings. The van der Waals surface area contributed by atoms with Crippen molar-refractivity contribution in [1.29, 1.82) is 0 Å². The maximum atomic E-state index is 12.5. The molecule has 7 heteroatoms. The molecular weight excluding hydrogens is 314 g/mol. The van der Waals surface area contributed by atoms with Gasteiger partial charge in [0.2, 0.25) is 0 Å². The Morgan fingerprint density at radius 1 is 1.29 bits per heavy atom. The summed E-state index contributed by atoms with van der Waals surface area (Å²) in [6.07, 6.45) is 1.90. The predicted molar refractivity (Wildman–Crippen MR) is 87.0 cm³/mol. The van der Waals surface area contributed by atoms with E-state index in [0.29, 0.717) is 6.42 Å². The molecule has 0 saturated carbocycles. The summed E-state index contributed by atoms with van der Waals surface area (Å²) in [5.41, 5.74) is 0.286. The highest BCUT2D eigenvalue weighted by molar-refractivity contribution is 5.72. The number of hydrogen-bond donors (Lipinski definition) is 0. The zero-order valence-electron chi connectivity index (χ0n) is 15.3. The molecule has 1 rings (SSSR count). The predicted octanol–water partition coefficient (Wildman–Crippen LogP) is 2.64. The highest BCUT2D eigenvalue weighted by Gasteiger charge is 2.37. The lowest BCUT2D eigenvalue weighted by Gasteiger charge is -2.39. The third-order valence-electron chi connectivity index (χ3n) is 3.56. The minimum absolute atomic E-state index is 0.0000170. The molecule has 0 N–H and O–H groups in total. The number of nitrogens with zero attached hydrogens (tertiary/aromatic N) is 1. The molecule has 1 aliphatic heterocycles. The fourth-order valence-corrected chi connectivity index (χ4v) is 2.59. The van der Waals surface area contributed by atoms with Crippen molar-refractivity contribution in [3.8, 4) is 0 Å². The van der Waals surface area contributed by atoms with E-state index in [4.69, 9.17) is 14.2 Å². The zero-order chi connectivity index (χ0) is 18.5. The number of methoxy groups -OCH3 is 1. The molecule has 0 saturated heterocycles. The van der Waals surface area contributed by atoms with Crippen molar-refractivity contribution in [1.82, 2.24) is 4.90 Å². The zero-order valence-corrected chi connectivity index (χ0v) is 15.3. The minimum Gasteiger partial charge on any atom is -0.469 e. The highest BCUT2D eigenvalue weighted by atomic mass is 16.6. The molecule has 1 aliphatic rings. The molecule has 0 unspecified atom stereocenters. The largest absolute Gasteiger partial charge is 0.469 e. The standard InChI is InChI=1S/C17H27NO6/c1-11-7-13(8-15(20)22-6)14(10-23-12(2)19)18(9-11)16(21)24-17(3,4)5/h9,13-14H,7-8,10H2,1-6H3/t13-,14-/m1/s1. The van der Waals surface area contributed by atoms with Gasteiger partial charge in [0.05, 0.1) is 19.6 Å². The molecule has 0 aromatic carbocycles. The van der Waals surface area contributed by atoms with E-state index in [2.05, 4.69) is 0 Å². The van der Waals surface area contributed by atoms with Gasteiger partial charge in [-0.1, -0.05) is 5.57 Å². The van der Waals surface area contributed by atoms with E-state index in [-0.39, 0.29) is 24.9 Å². The fourth-order valence-electron chi connectivity index (χ4n) is 2.59. The van der Waals surface area contributed by atoms with E-state index < -0.39 is 23.7 Å². The average molecular weight is 341 g/mol. The smallest absolute Gasteiger partial charge is 0.414 e. The van der Waals surface area contributed by atoms with Crippen LogP contribution in [-0.2, 0) is 23.8 Å². The first-order chi connectivity index (χ1) is 11.0. The lowest BCUT2D eigenvalue weighted by molar-refractivity contribution is -0.144. The summed E-state index contributed by atoms with van der Waals surface area (Å²) >= 11 is 0. The molecule has 1 amide bonds. The summed E-state index contributed by atoms with van der Waals surface area (Å²) in [7, 11) is 1.32. The third kappa shape index (κ3) is 6.22. The number of hydrogen-bond acceptors (Lipinski definition) is 6. The number of amides is 1. The Morgan fingerprint density at radius 3 is 2.42 bits per heavy atom. The van der Waals surface area contributed by atoms with E-state index in [9.17, 15) is 14.4 Å². The average Bonchev–Trinajstić information content (AvgIpc) is 2.43. The SMILES string of the molecule is COC(=O)C[C@H]1CC(C)=CN(C(=O)OC(C)(C)C)[C@@H]1COC(C)=O. The van der Waals surface area contributed by atoms with Gasteiger partial charge in [0.1, 0.15) is 12.2 Å². The van der Waals surface area contributed by atoms with Crippen molar-refractivity contribution in [2.75, 3.05) is 13.7 Å². The second kappa shape index (κ2) is 8.17. The van der Waals surface area contributed by atoms with Gasteiger partial charge in [-0.25, -0.2) is 4.79 Å². The first-order valence-electron chi connectivity index (χ1n) is 7.92. The van der Waals surface area contributed by atoms with Gasteiger partial charge in [0.15, 0.2) is 0 Å². The second-order valence-corrected chi connectivity index (χ2v) is 6.98. The van der Waals surface area contributed by atoms with Crippen LogP contribution in [0.5, 0.6) is 0 Å². The minimum atomic E-state index is -0.653. The van der Waals surface area contributed by atoms with Crippen LogP contribution in [-0.4, -0.2) is 48.3 Å². The van der Waals surface area contributed by atoms with Crippen molar-refractivity contribution in [3.63, 3.8) is 0 Å². The molecule has 2 atom stereocenters. The maximum Gasteiger partial charge on any atom is 0.414 e. The summed E-state index contributed by atoms with van der Waals surface area (Å²) in [5, 5.41) is 0. The van der Waals surface area contributed by atoms with Crippen LogP contribution >= 0.6 is 0 Å². The van der Waals surface area contributed by atoms with E-state index in [0.717, 1.165) is 5.57 Å². The quantitative estimate of drug-likeness (QED) is 0.577. The van der Waals surface area contributed by atoms with Gasteiger partial charge in [-0.15, -0.1) is 0 Å². The van der Waals surface area contributed by atoms with Crippen molar-refractivity contribution in [2.45, 2.75) is 59.1 Å². The van der Waals surface area contributed by atoms with Crippen LogP contribution in [0.4, 0.5) is 4.79 Å². The molecule has 0 bridgehead atoms. The van der Waals surface area contributed by atoms with Crippen molar-refractivity contribution < 1.29 is 28.6 Å². The van der Waals surface area contributed by atoms with Crippen LogP contribution in [0.25, 0.3) is 0 Å². The van der Waals surface area contributed by atoms with Gasteiger partial charge in [0.25, 0.3) is 0 Å². The summed E-state index contributed by atoms with van der Waals surface area (Å²) in [4.78, 5) is 36.8. The van der Waals surface area contributed by atoms with Gasteiger partial charge >= 0.3 is 18.0 Å². The van der Waals surface area contributed by atoms with Crippen molar-refractivity contribution >= 4 is 18.0 Å². The summed E-state index contributed by atoms with van der Waals surface area (Å²) in [6.45, 7) is 8.51. The van der Waals surface area contributed by atoms with Crippen LogP contribution in [0.15, 0.2) is 11.8 Å². The summed E-state index contributed by atoms with van der Waals surface area (Å²) < 4.78 is 15.3. The Morgan fingerprint density at radius 2 is 1.92 bits per heavy atom. The molecule has 1 heterocycles. The Kier molecular flexibility index (Phi) is 6.81. The first-order valence-corrected chi connectivity index (χ1v) is 7.92. The van der Waals surface area contributed by atoms with Crippen LogP contribution in [0.2, 0.25) is 0 Å². The van der Waals surface area contributed by atoms with Crippen LogP contribution in [0.3, 0.4) is 0 Å².